The predicted octanol–water partition coefficient (Wildman–Crippen LogP) is 2.09. The molecule has 1 saturated heterocycles. The third-order valence-corrected chi connectivity index (χ3v) is 3.25. The summed E-state index contributed by atoms with van der Waals surface area (Å²) in [4.78, 5) is 0. The summed E-state index contributed by atoms with van der Waals surface area (Å²) in [6.45, 7) is 5.66. The van der Waals surface area contributed by atoms with E-state index >= 15 is 0 Å². The number of hydrogen-bond acceptors (Lipinski definition) is 3. The zero-order chi connectivity index (χ0) is 12.5. The Kier molecular flexibility index (Phi) is 3.15. The second-order valence-electron chi connectivity index (χ2n) is 5.67. The zero-order valence-electron chi connectivity index (χ0n) is 10.8. The van der Waals surface area contributed by atoms with Gasteiger partial charge in [0.1, 0.15) is 5.75 Å². The molecule has 3 nitrogen and oxygen atoms in total. The van der Waals surface area contributed by atoms with Gasteiger partial charge in [-0.25, -0.2) is 0 Å². The average Bonchev–Trinajstić information content (AvgIpc) is 2.23. The maximum Gasteiger partial charge on any atom is 0.118 e. The molecule has 1 heterocycles. The number of nitrogens with two attached hydrogens (primary N) is 1. The molecular weight excluding hydrogens is 214 g/mol. The smallest absolute Gasteiger partial charge is 0.118 e. The van der Waals surface area contributed by atoms with E-state index in [2.05, 4.69) is 26.0 Å². The lowest BCUT2D eigenvalue weighted by Gasteiger charge is -2.45. The van der Waals surface area contributed by atoms with E-state index in [4.69, 9.17) is 15.2 Å². The van der Waals surface area contributed by atoms with Gasteiger partial charge in [0.25, 0.3) is 0 Å². The first-order chi connectivity index (χ1) is 7.95. The van der Waals surface area contributed by atoms with Crippen molar-refractivity contribution in [3.05, 3.63) is 29.8 Å². The predicted molar refractivity (Wildman–Crippen MR) is 68.4 cm³/mol. The van der Waals surface area contributed by atoms with Gasteiger partial charge < -0.3 is 15.2 Å². The lowest BCUT2D eigenvalue weighted by atomic mass is 9.71. The normalized spacial score (nSPS) is 18.6. The molecule has 1 aromatic carbocycles. The number of hydrogen-bond donors (Lipinski definition) is 1. The van der Waals surface area contributed by atoms with Gasteiger partial charge in [-0.15, -0.1) is 0 Å². The molecule has 1 aliphatic rings. The van der Waals surface area contributed by atoms with Gasteiger partial charge in [-0.2, -0.15) is 0 Å². The molecule has 0 saturated carbocycles. The number of ether oxygens (including phenoxy) is 2. The molecule has 2 rings (SSSR count). The van der Waals surface area contributed by atoms with Crippen molar-refractivity contribution in [3.8, 4) is 5.75 Å². The lowest BCUT2D eigenvalue weighted by molar-refractivity contribution is -0.0719. The van der Waals surface area contributed by atoms with Crippen molar-refractivity contribution in [2.75, 3.05) is 20.3 Å². The first-order valence-corrected chi connectivity index (χ1v) is 5.96. The summed E-state index contributed by atoms with van der Waals surface area (Å²) in [6, 6.07) is 8.23. The Bertz CT molecular complexity index is 374. The van der Waals surface area contributed by atoms with Gasteiger partial charge in [0, 0.05) is 11.0 Å². The van der Waals surface area contributed by atoms with Crippen LogP contribution in [0.15, 0.2) is 24.3 Å². The van der Waals surface area contributed by atoms with Gasteiger partial charge >= 0.3 is 0 Å². The topological polar surface area (TPSA) is 44.5 Å². The summed E-state index contributed by atoms with van der Waals surface area (Å²) >= 11 is 0. The van der Waals surface area contributed by atoms with E-state index in [1.807, 2.05) is 12.1 Å². The van der Waals surface area contributed by atoms with Crippen molar-refractivity contribution in [1.29, 1.82) is 0 Å². The molecule has 2 N–H and O–H groups in total. The Morgan fingerprint density at radius 3 is 2.24 bits per heavy atom. The summed E-state index contributed by atoms with van der Waals surface area (Å²) in [5.74, 6) is 0.885. The van der Waals surface area contributed by atoms with E-state index in [1.54, 1.807) is 7.11 Å². The van der Waals surface area contributed by atoms with Crippen LogP contribution in [-0.2, 0) is 10.2 Å². The van der Waals surface area contributed by atoms with Crippen LogP contribution in [0.5, 0.6) is 5.75 Å². The Hall–Kier alpha value is -1.06. The van der Waals surface area contributed by atoms with Crippen LogP contribution in [-0.4, -0.2) is 25.9 Å². The van der Waals surface area contributed by atoms with Crippen LogP contribution in [0.1, 0.15) is 25.8 Å². The van der Waals surface area contributed by atoms with Crippen molar-refractivity contribution < 1.29 is 9.47 Å². The summed E-state index contributed by atoms with van der Waals surface area (Å²) < 4.78 is 10.6. The molecule has 94 valence electrons. The van der Waals surface area contributed by atoms with Gasteiger partial charge in [0.2, 0.25) is 0 Å². The van der Waals surface area contributed by atoms with Gasteiger partial charge in [-0.05, 0) is 38.0 Å². The summed E-state index contributed by atoms with van der Waals surface area (Å²) in [6.07, 6.45) is 0.937. The van der Waals surface area contributed by atoms with Gasteiger partial charge in [0.05, 0.1) is 20.3 Å². The number of methoxy groups -OCH3 is 1. The highest BCUT2D eigenvalue weighted by molar-refractivity contribution is 5.34. The third-order valence-electron chi connectivity index (χ3n) is 3.25. The van der Waals surface area contributed by atoms with Crippen molar-refractivity contribution in [1.82, 2.24) is 0 Å². The van der Waals surface area contributed by atoms with Crippen molar-refractivity contribution >= 4 is 0 Å². The minimum Gasteiger partial charge on any atom is -0.497 e. The molecule has 1 fully saturated rings. The Balaban J connectivity index is 2.22. The molecule has 3 heteroatoms. The van der Waals surface area contributed by atoms with Crippen LogP contribution < -0.4 is 10.5 Å². The molecule has 0 aromatic heterocycles. The summed E-state index contributed by atoms with van der Waals surface area (Å²) in [5, 5.41) is 0. The standard InChI is InChI=1S/C14H21NO2/c1-13(2,15)8-14(9-17-10-14)11-4-6-12(16-3)7-5-11/h4-7H,8-10,15H2,1-3H3. The van der Waals surface area contributed by atoms with Gasteiger partial charge in [-0.3, -0.25) is 0 Å². The minimum atomic E-state index is -0.177. The van der Waals surface area contributed by atoms with Crippen molar-refractivity contribution in [2.24, 2.45) is 5.73 Å². The third kappa shape index (κ3) is 2.61. The fraction of sp³-hybridized carbons (Fsp3) is 0.571. The fourth-order valence-corrected chi connectivity index (χ4v) is 2.54. The molecule has 0 aliphatic carbocycles. The van der Waals surface area contributed by atoms with Crippen molar-refractivity contribution in [2.45, 2.75) is 31.2 Å². The Morgan fingerprint density at radius 1 is 1.29 bits per heavy atom. The highest BCUT2D eigenvalue weighted by Gasteiger charge is 2.43. The molecule has 0 spiro atoms. The van der Waals surface area contributed by atoms with Crippen LogP contribution in [0.4, 0.5) is 0 Å². The zero-order valence-corrected chi connectivity index (χ0v) is 10.8. The monoisotopic (exact) mass is 235 g/mol. The maximum absolute atomic E-state index is 6.14. The molecule has 0 amide bonds. The minimum absolute atomic E-state index is 0.0878. The van der Waals surface area contributed by atoms with Crippen LogP contribution >= 0.6 is 0 Å². The van der Waals surface area contributed by atoms with E-state index in [1.165, 1.54) is 5.56 Å². The fourth-order valence-electron chi connectivity index (χ4n) is 2.54. The van der Waals surface area contributed by atoms with E-state index in [0.29, 0.717) is 0 Å². The largest absolute Gasteiger partial charge is 0.497 e. The SMILES string of the molecule is COc1ccc(C2(CC(C)(C)N)COC2)cc1. The Labute approximate surface area is 103 Å². The molecular formula is C14H21NO2. The van der Waals surface area contributed by atoms with Crippen LogP contribution in [0, 0.1) is 0 Å². The molecule has 0 atom stereocenters. The van der Waals surface area contributed by atoms with E-state index in [-0.39, 0.29) is 11.0 Å². The van der Waals surface area contributed by atoms with Crippen LogP contribution in [0.2, 0.25) is 0 Å². The Morgan fingerprint density at radius 2 is 1.88 bits per heavy atom. The first-order valence-electron chi connectivity index (χ1n) is 5.96. The van der Waals surface area contributed by atoms with Gasteiger partial charge in [0.15, 0.2) is 0 Å². The second-order valence-corrected chi connectivity index (χ2v) is 5.67. The average molecular weight is 235 g/mol. The molecule has 1 aromatic rings. The molecule has 0 unspecified atom stereocenters. The lowest BCUT2D eigenvalue weighted by Crippen LogP contribution is -2.53. The molecule has 0 radical (unpaired) electrons. The van der Waals surface area contributed by atoms with E-state index in [9.17, 15) is 0 Å². The van der Waals surface area contributed by atoms with E-state index < -0.39 is 0 Å². The highest BCUT2D eigenvalue weighted by atomic mass is 16.5. The second kappa shape index (κ2) is 4.31. The summed E-state index contributed by atoms with van der Waals surface area (Å²) in [5.41, 5.74) is 7.35. The quantitative estimate of drug-likeness (QED) is 0.869. The number of benzene rings is 1. The molecule has 1 aliphatic heterocycles. The molecule has 0 bridgehead atoms. The first kappa shape index (κ1) is 12.4. The highest BCUT2D eigenvalue weighted by Crippen LogP contribution is 2.39. The maximum atomic E-state index is 6.14. The summed E-state index contributed by atoms with van der Waals surface area (Å²) in [7, 11) is 1.68. The van der Waals surface area contributed by atoms with Crippen molar-refractivity contribution in [3.63, 3.8) is 0 Å². The van der Waals surface area contributed by atoms with E-state index in [0.717, 1.165) is 25.4 Å². The number of rotatable bonds is 4. The molecule has 17 heavy (non-hydrogen) atoms. The van der Waals surface area contributed by atoms with Crippen LogP contribution in [0.25, 0.3) is 0 Å². The van der Waals surface area contributed by atoms with Crippen LogP contribution in [0.3, 0.4) is 0 Å². The van der Waals surface area contributed by atoms with Gasteiger partial charge in [-0.1, -0.05) is 12.1 Å².